The van der Waals surface area contributed by atoms with Crippen LogP contribution in [0.5, 0.6) is 0 Å². The van der Waals surface area contributed by atoms with E-state index < -0.39 is 46.9 Å². The monoisotopic (exact) mass is 676 g/mol. The van der Waals surface area contributed by atoms with Crippen molar-refractivity contribution in [3.05, 3.63) is 139 Å². The van der Waals surface area contributed by atoms with Crippen LogP contribution in [0.4, 0.5) is 0 Å². The average Bonchev–Trinajstić information content (AvgIpc) is 3.23. The highest BCUT2D eigenvalue weighted by molar-refractivity contribution is 7.96. The first-order chi connectivity index (χ1) is 19.9. The van der Waals surface area contributed by atoms with Crippen molar-refractivity contribution < 1.29 is 16.8 Å². The van der Waals surface area contributed by atoms with Gasteiger partial charge in [0.1, 0.15) is 0 Å². The lowest BCUT2D eigenvalue weighted by atomic mass is 9.78. The van der Waals surface area contributed by atoms with Gasteiger partial charge in [-0.2, -0.15) is 5.26 Å². The Balaban J connectivity index is 2.03. The van der Waals surface area contributed by atoms with E-state index in [2.05, 4.69) is 0 Å². The number of sulfone groups is 2. The molecule has 2 N–H and O–H groups in total. The SMILES string of the molecule is N#C[C@]1(S(=O)(=O)c2ccccc2)C(N)=C(S(=O)(=O)c2ccccc2)[C@@H](c2c(Cl)cccc2Cl)[C@@H]1c1c(Cl)cccc1Cl. The number of allylic oxidation sites excluding steroid dienone is 1. The average molecular weight is 678 g/mol. The maximum Gasteiger partial charge on any atom is 0.210 e. The quantitative estimate of drug-likeness (QED) is 0.225. The smallest absolute Gasteiger partial charge is 0.210 e. The van der Waals surface area contributed by atoms with Crippen LogP contribution in [0.3, 0.4) is 0 Å². The first kappa shape index (κ1) is 30.4. The van der Waals surface area contributed by atoms with E-state index in [-0.39, 0.29) is 41.0 Å². The Hall–Kier alpha value is -3.03. The predicted molar refractivity (Wildman–Crippen MR) is 165 cm³/mol. The number of nitrogens with two attached hydrogens (primary N) is 1. The number of halogens is 4. The molecule has 0 saturated heterocycles. The van der Waals surface area contributed by atoms with E-state index >= 15 is 0 Å². The highest BCUT2D eigenvalue weighted by atomic mass is 35.5. The second-order valence-electron chi connectivity index (χ2n) is 9.48. The van der Waals surface area contributed by atoms with Crippen molar-refractivity contribution in [3.8, 4) is 6.07 Å². The number of hydrogen-bond acceptors (Lipinski definition) is 6. The van der Waals surface area contributed by atoms with E-state index in [9.17, 15) is 22.1 Å². The minimum Gasteiger partial charge on any atom is -0.399 e. The Bertz CT molecular complexity index is 1960. The van der Waals surface area contributed by atoms with Crippen molar-refractivity contribution >= 4 is 66.1 Å². The molecule has 6 nitrogen and oxygen atoms in total. The summed E-state index contributed by atoms with van der Waals surface area (Å²) in [4.78, 5) is -0.971. The number of rotatable bonds is 6. The van der Waals surface area contributed by atoms with Gasteiger partial charge >= 0.3 is 0 Å². The summed E-state index contributed by atoms with van der Waals surface area (Å²) >= 11 is 26.7. The van der Waals surface area contributed by atoms with Gasteiger partial charge in [-0.1, -0.05) is 94.9 Å². The molecule has 5 rings (SSSR count). The van der Waals surface area contributed by atoms with Gasteiger partial charge in [-0.05, 0) is 59.7 Å². The molecule has 0 bridgehead atoms. The molecule has 0 heterocycles. The fourth-order valence-corrected chi connectivity index (χ4v) is 10.6. The molecule has 0 fully saturated rings. The molecule has 0 amide bonds. The lowest BCUT2D eigenvalue weighted by Crippen LogP contribution is -2.46. The van der Waals surface area contributed by atoms with Crippen molar-refractivity contribution in [2.45, 2.75) is 26.4 Å². The molecule has 42 heavy (non-hydrogen) atoms. The molecule has 0 spiro atoms. The van der Waals surface area contributed by atoms with E-state index in [1.54, 1.807) is 24.3 Å². The third-order valence-electron chi connectivity index (χ3n) is 7.33. The van der Waals surface area contributed by atoms with Crippen LogP contribution in [0.15, 0.2) is 117 Å². The van der Waals surface area contributed by atoms with Crippen LogP contribution in [0.1, 0.15) is 23.0 Å². The topological polar surface area (TPSA) is 118 Å². The van der Waals surface area contributed by atoms with Crippen molar-refractivity contribution in [1.29, 1.82) is 5.26 Å². The zero-order valence-corrected chi connectivity index (χ0v) is 26.0. The Labute approximate surface area is 263 Å². The molecule has 1 aliphatic rings. The first-order valence-corrected chi connectivity index (χ1v) is 16.8. The van der Waals surface area contributed by atoms with E-state index in [1.807, 2.05) is 6.07 Å². The Morgan fingerprint density at radius 1 is 0.643 bits per heavy atom. The summed E-state index contributed by atoms with van der Waals surface area (Å²) in [7, 11) is -9.36. The van der Waals surface area contributed by atoms with Crippen molar-refractivity contribution in [3.63, 3.8) is 0 Å². The second-order valence-corrected chi connectivity index (χ2v) is 15.2. The minimum absolute atomic E-state index is 0.00378. The summed E-state index contributed by atoms with van der Waals surface area (Å²) < 4.78 is 55.6. The number of benzene rings is 4. The summed E-state index contributed by atoms with van der Waals surface area (Å²) in [6.07, 6.45) is 0. The van der Waals surface area contributed by atoms with Gasteiger partial charge < -0.3 is 5.73 Å². The summed E-state index contributed by atoms with van der Waals surface area (Å²) in [5.74, 6) is -3.09. The second kappa shape index (κ2) is 11.2. The molecule has 0 radical (unpaired) electrons. The minimum atomic E-state index is -4.78. The van der Waals surface area contributed by atoms with Crippen LogP contribution in [0.25, 0.3) is 0 Å². The van der Waals surface area contributed by atoms with E-state index in [0.717, 1.165) is 0 Å². The van der Waals surface area contributed by atoms with Crippen LogP contribution in [0.2, 0.25) is 20.1 Å². The number of nitrogens with zero attached hydrogens (tertiary/aromatic N) is 1. The van der Waals surface area contributed by atoms with E-state index in [0.29, 0.717) is 0 Å². The molecule has 12 heteroatoms. The molecular weight excluding hydrogens is 658 g/mol. The van der Waals surface area contributed by atoms with Gasteiger partial charge in [0.25, 0.3) is 0 Å². The summed E-state index contributed by atoms with van der Waals surface area (Å²) in [5.41, 5.74) is 6.06. The molecular formula is C30H20Cl4N2O4S2. The van der Waals surface area contributed by atoms with E-state index in [1.165, 1.54) is 72.8 Å². The molecule has 0 unspecified atom stereocenters. The predicted octanol–water partition coefficient (Wildman–Crippen LogP) is 7.56. The molecule has 214 valence electrons. The van der Waals surface area contributed by atoms with Crippen molar-refractivity contribution in [2.75, 3.05) is 0 Å². The lowest BCUT2D eigenvalue weighted by Gasteiger charge is -2.34. The number of hydrogen-bond donors (Lipinski definition) is 1. The van der Waals surface area contributed by atoms with Crippen molar-refractivity contribution in [2.24, 2.45) is 5.73 Å². The highest BCUT2D eigenvalue weighted by Gasteiger charge is 2.66. The first-order valence-electron chi connectivity index (χ1n) is 12.3. The third-order valence-corrected chi connectivity index (χ3v) is 12.9. The van der Waals surface area contributed by atoms with Crippen LogP contribution < -0.4 is 5.73 Å². The Morgan fingerprint density at radius 3 is 1.52 bits per heavy atom. The summed E-state index contributed by atoms with van der Waals surface area (Å²) in [6, 6.07) is 25.4. The molecule has 1 aliphatic carbocycles. The van der Waals surface area contributed by atoms with Crippen molar-refractivity contribution in [1.82, 2.24) is 0 Å². The van der Waals surface area contributed by atoms with E-state index in [4.69, 9.17) is 52.1 Å². The maximum absolute atomic E-state index is 14.7. The maximum atomic E-state index is 14.7. The zero-order valence-electron chi connectivity index (χ0n) is 21.4. The van der Waals surface area contributed by atoms with Gasteiger partial charge in [0.05, 0.1) is 26.5 Å². The van der Waals surface area contributed by atoms with Gasteiger partial charge in [0.15, 0.2) is 0 Å². The summed E-state index contributed by atoms with van der Waals surface area (Å²) in [5, 5.41) is 11.0. The molecule has 0 aromatic heterocycles. The fraction of sp³-hybridized carbons (Fsp3) is 0.100. The largest absolute Gasteiger partial charge is 0.399 e. The Kier molecular flexibility index (Phi) is 8.14. The molecule has 4 aromatic carbocycles. The normalized spacial score (nSPS) is 20.8. The van der Waals surface area contributed by atoms with Crippen LogP contribution >= 0.6 is 46.4 Å². The lowest BCUT2D eigenvalue weighted by molar-refractivity contribution is 0.528. The Morgan fingerprint density at radius 2 is 1.07 bits per heavy atom. The van der Waals surface area contributed by atoms with Gasteiger partial charge in [0.2, 0.25) is 24.4 Å². The standard InChI is InChI=1S/C30H20Cl4N2O4S2/c31-20-13-7-14-21(32)24(20)26-27(25-22(33)15-8-16-23(25)34)30(17-35,42(39,40)19-11-5-2-6-12-19)29(36)28(26)41(37,38)18-9-3-1-4-10-18/h1-16,26-27H,36H2/t26-,27-,30+/m0/s1. The summed E-state index contributed by atoms with van der Waals surface area (Å²) in [6.45, 7) is 0. The molecule has 3 atom stereocenters. The van der Waals surface area contributed by atoms with Gasteiger partial charge in [-0.15, -0.1) is 0 Å². The van der Waals surface area contributed by atoms with Gasteiger partial charge in [0, 0.05) is 31.9 Å². The van der Waals surface area contributed by atoms with Crippen LogP contribution in [0, 0.1) is 11.3 Å². The molecule has 0 saturated carbocycles. The fourth-order valence-electron chi connectivity index (χ4n) is 5.51. The van der Waals surface area contributed by atoms with Crippen LogP contribution in [-0.4, -0.2) is 21.6 Å². The molecule has 0 aliphatic heterocycles. The highest BCUT2D eigenvalue weighted by Crippen LogP contribution is 2.63. The van der Waals surface area contributed by atoms with Gasteiger partial charge in [-0.25, -0.2) is 16.8 Å². The third kappa shape index (κ3) is 4.51. The molecule has 4 aromatic rings. The number of nitriles is 1. The van der Waals surface area contributed by atoms with Crippen LogP contribution in [-0.2, 0) is 19.7 Å². The van der Waals surface area contributed by atoms with Gasteiger partial charge in [-0.3, -0.25) is 0 Å². The zero-order chi connectivity index (χ0) is 30.4.